The summed E-state index contributed by atoms with van der Waals surface area (Å²) in [5.74, 6) is -0.638. The first kappa shape index (κ1) is 15.9. The number of anilines is 1. The third kappa shape index (κ3) is 2.61. The van der Waals surface area contributed by atoms with Crippen LogP contribution in [-0.4, -0.2) is 5.91 Å². The van der Waals surface area contributed by atoms with Crippen molar-refractivity contribution in [2.24, 2.45) is 0 Å². The molecule has 1 N–H and O–H groups in total. The van der Waals surface area contributed by atoms with Crippen LogP contribution in [0.1, 0.15) is 45.0 Å². The van der Waals surface area contributed by atoms with E-state index in [0.717, 1.165) is 31.2 Å². The van der Waals surface area contributed by atoms with Gasteiger partial charge in [-0.2, -0.15) is 5.26 Å². The molecule has 3 aromatic rings. The summed E-state index contributed by atoms with van der Waals surface area (Å²) in [4.78, 5) is 13.9. The molecule has 1 aromatic carbocycles. The van der Waals surface area contributed by atoms with Crippen molar-refractivity contribution in [2.75, 3.05) is 5.32 Å². The van der Waals surface area contributed by atoms with Gasteiger partial charge in [0.2, 0.25) is 0 Å². The lowest BCUT2D eigenvalue weighted by Crippen LogP contribution is -2.12. The van der Waals surface area contributed by atoms with E-state index in [0.29, 0.717) is 27.1 Å². The monoisotopic (exact) mass is 354 g/mol. The Bertz CT molecular complexity index is 1040. The van der Waals surface area contributed by atoms with Crippen molar-refractivity contribution in [1.29, 1.82) is 5.26 Å². The Morgan fingerprint density at radius 3 is 2.96 bits per heavy atom. The number of fused-ring (bicyclic) bond motifs is 2. The van der Waals surface area contributed by atoms with Gasteiger partial charge in [-0.15, -0.1) is 11.3 Å². The molecule has 126 valence electrons. The number of halogens is 1. The lowest BCUT2D eigenvalue weighted by Gasteiger charge is -2.09. The number of nitrogens with zero attached hydrogens (tertiary/aromatic N) is 1. The van der Waals surface area contributed by atoms with Crippen molar-refractivity contribution in [3.63, 3.8) is 0 Å². The molecule has 0 unspecified atom stereocenters. The van der Waals surface area contributed by atoms with Crippen molar-refractivity contribution < 1.29 is 13.6 Å². The smallest absolute Gasteiger partial charge is 0.292 e. The van der Waals surface area contributed by atoms with E-state index >= 15 is 0 Å². The summed E-state index contributed by atoms with van der Waals surface area (Å²) < 4.78 is 19.0. The van der Waals surface area contributed by atoms with Crippen LogP contribution in [-0.2, 0) is 12.8 Å². The molecule has 0 saturated heterocycles. The van der Waals surface area contributed by atoms with E-state index in [4.69, 9.17) is 4.42 Å². The molecule has 0 fully saturated rings. The predicted octanol–water partition coefficient (Wildman–Crippen LogP) is 4.94. The molecule has 0 saturated carbocycles. The van der Waals surface area contributed by atoms with Gasteiger partial charge < -0.3 is 9.73 Å². The van der Waals surface area contributed by atoms with Crippen LogP contribution in [0.5, 0.6) is 0 Å². The molecule has 6 heteroatoms. The number of furan rings is 1. The zero-order valence-corrected chi connectivity index (χ0v) is 14.4. The van der Waals surface area contributed by atoms with E-state index in [9.17, 15) is 14.4 Å². The van der Waals surface area contributed by atoms with Crippen LogP contribution in [0.4, 0.5) is 9.39 Å². The maximum absolute atomic E-state index is 13.4. The van der Waals surface area contributed by atoms with Gasteiger partial charge in [0.25, 0.3) is 5.91 Å². The number of rotatable bonds is 2. The number of hydrogen-bond acceptors (Lipinski definition) is 4. The molecule has 4 nitrogen and oxygen atoms in total. The normalized spacial score (nSPS) is 13.5. The standard InChI is InChI=1S/C19H15FN2O2S/c1-10-13-8-11(20)6-7-15(13)24-17(10)18(23)22-19-14(9-21)12-4-2-3-5-16(12)25-19/h6-8H,2-5H2,1H3,(H,22,23). The van der Waals surface area contributed by atoms with E-state index in [1.165, 1.54) is 34.4 Å². The Balaban J connectivity index is 1.70. The highest BCUT2D eigenvalue weighted by Crippen LogP contribution is 2.38. The maximum Gasteiger partial charge on any atom is 0.292 e. The van der Waals surface area contributed by atoms with E-state index in [-0.39, 0.29) is 11.6 Å². The maximum atomic E-state index is 13.4. The molecule has 1 aliphatic rings. The van der Waals surface area contributed by atoms with E-state index in [2.05, 4.69) is 11.4 Å². The fraction of sp³-hybridized carbons (Fsp3) is 0.263. The van der Waals surface area contributed by atoms with Crippen LogP contribution in [0, 0.1) is 24.1 Å². The number of nitriles is 1. The topological polar surface area (TPSA) is 66.0 Å². The lowest BCUT2D eigenvalue weighted by atomic mass is 9.96. The summed E-state index contributed by atoms with van der Waals surface area (Å²) in [6, 6.07) is 6.39. The molecule has 1 aliphatic carbocycles. The molecule has 2 aromatic heterocycles. The molecule has 4 rings (SSSR count). The third-order valence-corrected chi connectivity index (χ3v) is 5.82. The Morgan fingerprint density at radius 2 is 2.16 bits per heavy atom. The van der Waals surface area contributed by atoms with Gasteiger partial charge in [0.05, 0.1) is 5.56 Å². The second-order valence-electron chi connectivity index (χ2n) is 6.18. The largest absolute Gasteiger partial charge is 0.451 e. The van der Waals surface area contributed by atoms with Gasteiger partial charge in [-0.05, 0) is 56.4 Å². The summed E-state index contributed by atoms with van der Waals surface area (Å²) in [6.07, 6.45) is 4.01. The summed E-state index contributed by atoms with van der Waals surface area (Å²) in [5, 5.41) is 13.5. The van der Waals surface area contributed by atoms with Crippen molar-refractivity contribution in [2.45, 2.75) is 32.6 Å². The first-order valence-electron chi connectivity index (χ1n) is 8.13. The Kier molecular flexibility index (Phi) is 3.81. The number of benzene rings is 1. The molecule has 0 aliphatic heterocycles. The summed E-state index contributed by atoms with van der Waals surface area (Å²) in [6.45, 7) is 1.73. The lowest BCUT2D eigenvalue weighted by molar-refractivity contribution is 0.0998. The minimum atomic E-state index is -0.413. The summed E-state index contributed by atoms with van der Waals surface area (Å²) >= 11 is 1.47. The van der Waals surface area contributed by atoms with E-state index in [1.807, 2.05) is 0 Å². The molecule has 0 spiro atoms. The number of carbonyl (C=O) groups is 1. The highest BCUT2D eigenvalue weighted by Gasteiger charge is 2.24. The van der Waals surface area contributed by atoms with Crippen molar-refractivity contribution >= 4 is 33.2 Å². The number of aryl methyl sites for hydroxylation is 2. The molecular weight excluding hydrogens is 339 g/mol. The van der Waals surface area contributed by atoms with Crippen molar-refractivity contribution in [1.82, 2.24) is 0 Å². The second kappa shape index (κ2) is 6.01. The number of nitrogens with one attached hydrogen (secondary N) is 1. The van der Waals surface area contributed by atoms with Crippen LogP contribution >= 0.6 is 11.3 Å². The van der Waals surface area contributed by atoms with Gasteiger partial charge in [-0.3, -0.25) is 4.79 Å². The van der Waals surface area contributed by atoms with Gasteiger partial charge in [0, 0.05) is 15.8 Å². The fourth-order valence-corrected chi connectivity index (χ4v) is 4.58. The van der Waals surface area contributed by atoms with Gasteiger partial charge in [0.15, 0.2) is 5.76 Å². The molecule has 1 amide bonds. The first-order chi connectivity index (χ1) is 12.1. The van der Waals surface area contributed by atoms with Crippen LogP contribution in [0.2, 0.25) is 0 Å². The van der Waals surface area contributed by atoms with Crippen LogP contribution < -0.4 is 5.32 Å². The number of thiophene rings is 1. The fourth-order valence-electron chi connectivity index (χ4n) is 3.34. The van der Waals surface area contributed by atoms with E-state index in [1.54, 1.807) is 6.92 Å². The molecule has 25 heavy (non-hydrogen) atoms. The number of amides is 1. The highest BCUT2D eigenvalue weighted by molar-refractivity contribution is 7.16. The number of hydrogen-bond donors (Lipinski definition) is 1. The third-order valence-electron chi connectivity index (χ3n) is 4.61. The summed E-state index contributed by atoms with van der Waals surface area (Å²) in [5.41, 5.74) is 2.69. The average Bonchev–Trinajstić information content (AvgIpc) is 3.12. The van der Waals surface area contributed by atoms with E-state index < -0.39 is 5.91 Å². The van der Waals surface area contributed by atoms with Gasteiger partial charge >= 0.3 is 0 Å². The van der Waals surface area contributed by atoms with Crippen LogP contribution in [0.15, 0.2) is 22.6 Å². The first-order valence-corrected chi connectivity index (χ1v) is 8.94. The quantitative estimate of drug-likeness (QED) is 0.708. The molecule has 0 atom stereocenters. The zero-order valence-electron chi connectivity index (χ0n) is 13.6. The van der Waals surface area contributed by atoms with Gasteiger partial charge in [-0.1, -0.05) is 0 Å². The Morgan fingerprint density at radius 1 is 1.36 bits per heavy atom. The van der Waals surface area contributed by atoms with Crippen molar-refractivity contribution in [3.05, 3.63) is 51.3 Å². The Hall–Kier alpha value is -2.65. The van der Waals surface area contributed by atoms with Crippen molar-refractivity contribution in [3.8, 4) is 6.07 Å². The van der Waals surface area contributed by atoms with Crippen LogP contribution in [0.25, 0.3) is 11.0 Å². The average molecular weight is 354 g/mol. The molecular formula is C19H15FN2O2S. The molecule has 0 bridgehead atoms. The zero-order chi connectivity index (χ0) is 17.6. The summed E-state index contributed by atoms with van der Waals surface area (Å²) in [7, 11) is 0. The van der Waals surface area contributed by atoms with Gasteiger partial charge in [-0.25, -0.2) is 4.39 Å². The van der Waals surface area contributed by atoms with Crippen LogP contribution in [0.3, 0.4) is 0 Å². The number of carbonyl (C=O) groups excluding carboxylic acids is 1. The second-order valence-corrected chi connectivity index (χ2v) is 7.28. The van der Waals surface area contributed by atoms with Gasteiger partial charge in [0.1, 0.15) is 22.5 Å². The minimum absolute atomic E-state index is 0.149. The SMILES string of the molecule is Cc1c(C(=O)Nc2sc3c(c2C#N)CCCC3)oc2ccc(F)cc12. The molecule has 2 heterocycles. The minimum Gasteiger partial charge on any atom is -0.451 e. The molecule has 0 radical (unpaired) electrons. The Labute approximate surface area is 147 Å². The predicted molar refractivity (Wildman–Crippen MR) is 94.5 cm³/mol. The highest BCUT2D eigenvalue weighted by atomic mass is 32.1.